The maximum absolute atomic E-state index is 11.7. The van der Waals surface area contributed by atoms with Crippen molar-refractivity contribution in [3.05, 3.63) is 34.9 Å². The highest BCUT2D eigenvalue weighted by atomic mass is 35.5. The summed E-state index contributed by atoms with van der Waals surface area (Å²) in [6, 6.07) is 6.64. The summed E-state index contributed by atoms with van der Waals surface area (Å²) in [5.74, 6) is -0.318. The molecular weight excluding hydrogens is 262 g/mol. The van der Waals surface area contributed by atoms with Gasteiger partial charge in [-0.1, -0.05) is 23.7 Å². The number of nitrogens with one attached hydrogen (secondary N) is 1. The summed E-state index contributed by atoms with van der Waals surface area (Å²) in [6.45, 7) is 0.264. The third kappa shape index (κ3) is 5.50. The van der Waals surface area contributed by atoms with E-state index in [0.717, 1.165) is 0 Å². The van der Waals surface area contributed by atoms with E-state index in [0.29, 0.717) is 10.6 Å². The SMILES string of the molecule is CNCC(O)CS(=O)(=O)Cc1ccc(Cl)cc1. The minimum Gasteiger partial charge on any atom is -0.391 e. The molecule has 0 radical (unpaired) electrons. The monoisotopic (exact) mass is 277 g/mol. The lowest BCUT2D eigenvalue weighted by atomic mass is 10.2. The second kappa shape index (κ2) is 6.35. The third-order valence-corrected chi connectivity index (χ3v) is 4.10. The van der Waals surface area contributed by atoms with Gasteiger partial charge in [-0.05, 0) is 24.7 Å². The van der Waals surface area contributed by atoms with E-state index in [1.807, 2.05) is 0 Å². The molecular formula is C11H16ClNO3S. The molecule has 96 valence electrons. The zero-order chi connectivity index (χ0) is 12.9. The van der Waals surface area contributed by atoms with Crippen LogP contribution in [-0.2, 0) is 15.6 Å². The van der Waals surface area contributed by atoms with E-state index in [2.05, 4.69) is 5.32 Å². The third-order valence-electron chi connectivity index (χ3n) is 2.19. The summed E-state index contributed by atoms with van der Waals surface area (Å²) in [5, 5.41) is 12.7. The van der Waals surface area contributed by atoms with Crippen LogP contribution >= 0.6 is 11.6 Å². The van der Waals surface area contributed by atoms with E-state index in [9.17, 15) is 13.5 Å². The summed E-state index contributed by atoms with van der Waals surface area (Å²) in [7, 11) is -1.64. The molecule has 0 aliphatic rings. The summed E-state index contributed by atoms with van der Waals surface area (Å²) in [4.78, 5) is 0. The molecule has 0 aromatic heterocycles. The average Bonchev–Trinajstić information content (AvgIpc) is 2.20. The van der Waals surface area contributed by atoms with Crippen LogP contribution in [0.3, 0.4) is 0 Å². The fourth-order valence-corrected chi connectivity index (χ4v) is 3.13. The van der Waals surface area contributed by atoms with Crippen LogP contribution in [0.5, 0.6) is 0 Å². The molecule has 0 bridgehead atoms. The van der Waals surface area contributed by atoms with Gasteiger partial charge in [0.2, 0.25) is 0 Å². The first-order valence-electron chi connectivity index (χ1n) is 5.20. The Kier molecular flexibility index (Phi) is 5.39. The number of rotatable bonds is 6. The Labute approximate surface area is 107 Å². The molecule has 1 rings (SSSR count). The number of halogens is 1. The van der Waals surface area contributed by atoms with E-state index in [-0.39, 0.29) is 18.1 Å². The zero-order valence-electron chi connectivity index (χ0n) is 9.56. The molecule has 2 N–H and O–H groups in total. The molecule has 0 amide bonds. The Hall–Kier alpha value is -0.620. The molecule has 0 aliphatic heterocycles. The van der Waals surface area contributed by atoms with Gasteiger partial charge in [-0.15, -0.1) is 0 Å². The van der Waals surface area contributed by atoms with Crippen LogP contribution in [0.4, 0.5) is 0 Å². The predicted octanol–water partition coefficient (Wildman–Crippen LogP) is 0.835. The molecule has 0 spiro atoms. The summed E-state index contributed by atoms with van der Waals surface area (Å²) < 4.78 is 23.5. The first-order chi connectivity index (χ1) is 7.93. The quantitative estimate of drug-likeness (QED) is 0.809. The van der Waals surface area contributed by atoms with Crippen molar-refractivity contribution in [2.75, 3.05) is 19.3 Å². The molecule has 1 aromatic rings. The first kappa shape index (κ1) is 14.4. The summed E-state index contributed by atoms with van der Waals surface area (Å²) >= 11 is 5.71. The number of likely N-dealkylation sites (N-methyl/N-ethyl adjacent to an activating group) is 1. The van der Waals surface area contributed by atoms with Gasteiger partial charge in [0.25, 0.3) is 0 Å². The average molecular weight is 278 g/mol. The number of benzene rings is 1. The lowest BCUT2D eigenvalue weighted by Crippen LogP contribution is -2.31. The second-order valence-electron chi connectivity index (χ2n) is 3.89. The van der Waals surface area contributed by atoms with Crippen molar-refractivity contribution in [2.24, 2.45) is 0 Å². The van der Waals surface area contributed by atoms with Gasteiger partial charge in [0, 0.05) is 11.6 Å². The van der Waals surface area contributed by atoms with Gasteiger partial charge in [-0.2, -0.15) is 0 Å². The van der Waals surface area contributed by atoms with Crippen molar-refractivity contribution in [3.8, 4) is 0 Å². The molecule has 1 unspecified atom stereocenters. The molecule has 1 aromatic carbocycles. The van der Waals surface area contributed by atoms with Crippen LogP contribution in [0.15, 0.2) is 24.3 Å². The van der Waals surface area contributed by atoms with E-state index in [1.165, 1.54) is 0 Å². The van der Waals surface area contributed by atoms with E-state index < -0.39 is 15.9 Å². The highest BCUT2D eigenvalue weighted by molar-refractivity contribution is 7.90. The van der Waals surface area contributed by atoms with Crippen LogP contribution in [0.25, 0.3) is 0 Å². The molecule has 0 saturated heterocycles. The van der Waals surface area contributed by atoms with Gasteiger partial charge in [-0.25, -0.2) is 8.42 Å². The summed E-state index contributed by atoms with van der Waals surface area (Å²) in [6.07, 6.45) is -0.877. The predicted molar refractivity (Wildman–Crippen MR) is 68.9 cm³/mol. The number of hydrogen-bond acceptors (Lipinski definition) is 4. The molecule has 0 heterocycles. The van der Waals surface area contributed by atoms with Crippen LogP contribution < -0.4 is 5.32 Å². The highest BCUT2D eigenvalue weighted by Crippen LogP contribution is 2.12. The standard InChI is InChI=1S/C11H16ClNO3S/c1-13-6-11(14)8-17(15,16)7-9-2-4-10(12)5-3-9/h2-5,11,13-14H,6-8H2,1H3. The Morgan fingerprint density at radius 2 is 1.94 bits per heavy atom. The van der Waals surface area contributed by atoms with Crippen LogP contribution in [-0.4, -0.2) is 39.0 Å². The van der Waals surface area contributed by atoms with Crippen molar-refractivity contribution in [1.82, 2.24) is 5.32 Å². The van der Waals surface area contributed by atoms with Crippen molar-refractivity contribution >= 4 is 21.4 Å². The number of sulfone groups is 1. The van der Waals surface area contributed by atoms with Crippen molar-refractivity contribution in [1.29, 1.82) is 0 Å². The second-order valence-corrected chi connectivity index (χ2v) is 6.44. The van der Waals surface area contributed by atoms with Crippen molar-refractivity contribution < 1.29 is 13.5 Å². The van der Waals surface area contributed by atoms with Crippen LogP contribution in [0.2, 0.25) is 5.02 Å². The Bertz CT molecular complexity index is 444. The fourth-order valence-electron chi connectivity index (χ4n) is 1.48. The van der Waals surface area contributed by atoms with Crippen LogP contribution in [0.1, 0.15) is 5.56 Å². The van der Waals surface area contributed by atoms with Crippen molar-refractivity contribution in [3.63, 3.8) is 0 Å². The Morgan fingerprint density at radius 3 is 2.47 bits per heavy atom. The normalized spacial score (nSPS) is 13.6. The molecule has 0 aliphatic carbocycles. The van der Waals surface area contributed by atoms with E-state index >= 15 is 0 Å². The Balaban J connectivity index is 2.63. The lowest BCUT2D eigenvalue weighted by molar-refractivity contribution is 0.196. The molecule has 0 fully saturated rings. The fraction of sp³-hybridized carbons (Fsp3) is 0.455. The minimum atomic E-state index is -3.30. The topological polar surface area (TPSA) is 66.4 Å². The zero-order valence-corrected chi connectivity index (χ0v) is 11.1. The van der Waals surface area contributed by atoms with Gasteiger partial charge in [-0.3, -0.25) is 0 Å². The highest BCUT2D eigenvalue weighted by Gasteiger charge is 2.17. The minimum absolute atomic E-state index is 0.0784. The van der Waals surface area contributed by atoms with Gasteiger partial charge in [0.15, 0.2) is 9.84 Å². The van der Waals surface area contributed by atoms with E-state index in [4.69, 9.17) is 11.6 Å². The van der Waals surface area contributed by atoms with E-state index in [1.54, 1.807) is 31.3 Å². The Morgan fingerprint density at radius 1 is 1.35 bits per heavy atom. The van der Waals surface area contributed by atoms with Crippen molar-refractivity contribution in [2.45, 2.75) is 11.9 Å². The maximum Gasteiger partial charge on any atom is 0.157 e. The van der Waals surface area contributed by atoms with Gasteiger partial charge >= 0.3 is 0 Å². The largest absolute Gasteiger partial charge is 0.391 e. The maximum atomic E-state index is 11.7. The number of aliphatic hydroxyl groups is 1. The molecule has 4 nitrogen and oxygen atoms in total. The molecule has 0 saturated carbocycles. The first-order valence-corrected chi connectivity index (χ1v) is 7.40. The van der Waals surface area contributed by atoms with Gasteiger partial charge < -0.3 is 10.4 Å². The number of aliphatic hydroxyl groups excluding tert-OH is 1. The molecule has 1 atom stereocenters. The van der Waals surface area contributed by atoms with Gasteiger partial charge in [0.1, 0.15) is 0 Å². The molecule has 17 heavy (non-hydrogen) atoms. The smallest absolute Gasteiger partial charge is 0.157 e. The van der Waals surface area contributed by atoms with Gasteiger partial charge in [0.05, 0.1) is 17.6 Å². The molecule has 6 heteroatoms. The van der Waals surface area contributed by atoms with Crippen LogP contribution in [0, 0.1) is 0 Å². The lowest BCUT2D eigenvalue weighted by Gasteiger charge is -2.10. The summed E-state index contributed by atoms with van der Waals surface area (Å²) in [5.41, 5.74) is 0.672. The number of hydrogen-bond donors (Lipinski definition) is 2.